The fourth-order valence-corrected chi connectivity index (χ4v) is 4.41. The third kappa shape index (κ3) is 5.46. The molecule has 0 radical (unpaired) electrons. The van der Waals surface area contributed by atoms with Crippen molar-refractivity contribution in [3.8, 4) is 0 Å². The summed E-state index contributed by atoms with van der Waals surface area (Å²) in [7, 11) is 1.88. The van der Waals surface area contributed by atoms with Gasteiger partial charge in [0.2, 0.25) is 0 Å². The van der Waals surface area contributed by atoms with Crippen LogP contribution in [0.1, 0.15) is 23.7 Å². The maximum Gasteiger partial charge on any atom is 0.193 e. The van der Waals surface area contributed by atoms with Gasteiger partial charge in [0.25, 0.3) is 0 Å². The Kier molecular flexibility index (Phi) is 8.39. The first-order valence-electron chi connectivity index (χ1n) is 10.7. The largest absolute Gasteiger partial charge is 0.373 e. The van der Waals surface area contributed by atoms with Gasteiger partial charge in [-0.15, -0.1) is 24.0 Å². The van der Waals surface area contributed by atoms with Crippen molar-refractivity contribution in [2.75, 3.05) is 51.3 Å². The van der Waals surface area contributed by atoms with Gasteiger partial charge < -0.3 is 19.9 Å². The van der Waals surface area contributed by atoms with Crippen molar-refractivity contribution in [3.05, 3.63) is 65.7 Å². The van der Waals surface area contributed by atoms with Crippen LogP contribution < -0.4 is 10.2 Å². The highest BCUT2D eigenvalue weighted by molar-refractivity contribution is 14.0. The molecule has 2 heterocycles. The minimum atomic E-state index is 0. The first-order chi connectivity index (χ1) is 14.2. The van der Waals surface area contributed by atoms with Gasteiger partial charge in [0.15, 0.2) is 5.96 Å². The van der Waals surface area contributed by atoms with Crippen LogP contribution in [0.25, 0.3) is 0 Å². The molecule has 2 aromatic rings. The highest BCUT2D eigenvalue weighted by atomic mass is 127. The van der Waals surface area contributed by atoms with Crippen LogP contribution in [0.4, 0.5) is 5.69 Å². The third-order valence-corrected chi connectivity index (χ3v) is 6.02. The average Bonchev–Trinajstić information content (AvgIpc) is 3.24. The zero-order chi connectivity index (χ0) is 20.1. The molecular weight excluding hydrogens is 487 g/mol. The Morgan fingerprint density at radius 1 is 1.07 bits per heavy atom. The number of guanidine groups is 1. The fourth-order valence-electron chi connectivity index (χ4n) is 4.41. The Hall–Kier alpha value is -1.80. The Balaban J connectivity index is 0.00000256. The zero-order valence-corrected chi connectivity index (χ0v) is 20.3. The van der Waals surface area contributed by atoms with E-state index in [-0.39, 0.29) is 30.1 Å². The van der Waals surface area contributed by atoms with E-state index in [0.29, 0.717) is 5.92 Å². The van der Waals surface area contributed by atoms with Gasteiger partial charge >= 0.3 is 0 Å². The number of piperazine rings is 1. The highest BCUT2D eigenvalue weighted by Gasteiger charge is 2.30. The first-order valence-corrected chi connectivity index (χ1v) is 10.7. The van der Waals surface area contributed by atoms with Crippen LogP contribution in [0, 0.1) is 12.8 Å². The monoisotopic (exact) mass is 520 g/mol. The Morgan fingerprint density at radius 3 is 2.53 bits per heavy atom. The molecule has 4 rings (SSSR count). The van der Waals surface area contributed by atoms with Gasteiger partial charge in [0, 0.05) is 58.0 Å². The van der Waals surface area contributed by atoms with Crippen LogP contribution >= 0.6 is 24.0 Å². The number of hydrogen-bond acceptors (Lipinski definition) is 3. The van der Waals surface area contributed by atoms with Crippen molar-refractivity contribution >= 4 is 35.6 Å². The lowest BCUT2D eigenvalue weighted by Crippen LogP contribution is -2.53. The summed E-state index contributed by atoms with van der Waals surface area (Å²) in [6, 6.07) is 19.4. The second-order valence-corrected chi connectivity index (χ2v) is 7.99. The zero-order valence-electron chi connectivity index (χ0n) is 18.0. The summed E-state index contributed by atoms with van der Waals surface area (Å²) in [4.78, 5) is 9.39. The summed E-state index contributed by atoms with van der Waals surface area (Å²) in [5.74, 6) is 1.48. The van der Waals surface area contributed by atoms with E-state index in [1.165, 1.54) is 16.8 Å². The Morgan fingerprint density at radius 2 is 1.83 bits per heavy atom. The van der Waals surface area contributed by atoms with Gasteiger partial charge in [0.1, 0.15) is 0 Å². The predicted octanol–water partition coefficient (Wildman–Crippen LogP) is 4.09. The van der Waals surface area contributed by atoms with Crippen molar-refractivity contribution in [3.63, 3.8) is 0 Å². The lowest BCUT2D eigenvalue weighted by atomic mass is 9.95. The van der Waals surface area contributed by atoms with Crippen LogP contribution in [0.5, 0.6) is 0 Å². The summed E-state index contributed by atoms with van der Waals surface area (Å²) in [6.07, 6.45) is 1.27. The van der Waals surface area contributed by atoms with E-state index in [4.69, 9.17) is 4.74 Å². The van der Waals surface area contributed by atoms with Gasteiger partial charge in [-0.05, 0) is 36.6 Å². The average molecular weight is 520 g/mol. The predicted molar refractivity (Wildman–Crippen MR) is 135 cm³/mol. The summed E-state index contributed by atoms with van der Waals surface area (Å²) >= 11 is 0. The van der Waals surface area contributed by atoms with E-state index < -0.39 is 0 Å². The van der Waals surface area contributed by atoms with Gasteiger partial charge in [-0.25, -0.2) is 0 Å². The van der Waals surface area contributed by atoms with Gasteiger partial charge in [-0.3, -0.25) is 4.99 Å². The summed E-state index contributed by atoms with van der Waals surface area (Å²) < 4.78 is 6.04. The molecule has 2 atom stereocenters. The molecule has 2 fully saturated rings. The van der Waals surface area contributed by atoms with Crippen molar-refractivity contribution < 1.29 is 4.74 Å². The lowest BCUT2D eigenvalue weighted by molar-refractivity contribution is 0.0913. The number of halogens is 1. The van der Waals surface area contributed by atoms with Crippen LogP contribution in [-0.2, 0) is 4.74 Å². The van der Waals surface area contributed by atoms with Crippen LogP contribution in [0.2, 0.25) is 0 Å². The van der Waals surface area contributed by atoms with E-state index in [2.05, 4.69) is 81.6 Å². The molecule has 0 aromatic heterocycles. The van der Waals surface area contributed by atoms with Crippen molar-refractivity contribution in [2.45, 2.75) is 19.4 Å². The van der Waals surface area contributed by atoms with Crippen LogP contribution in [-0.4, -0.2) is 57.2 Å². The first kappa shape index (κ1) is 22.9. The van der Waals surface area contributed by atoms with E-state index in [9.17, 15) is 0 Å². The number of ether oxygens (including phenoxy) is 1. The molecule has 2 aromatic carbocycles. The number of aryl methyl sites for hydroxylation is 1. The molecule has 2 aliphatic heterocycles. The highest BCUT2D eigenvalue weighted by Crippen LogP contribution is 2.33. The van der Waals surface area contributed by atoms with Gasteiger partial charge in [-0.1, -0.05) is 42.5 Å². The number of aliphatic imine (C=N–C) groups is 1. The molecule has 0 spiro atoms. The number of nitrogens with zero attached hydrogens (tertiary/aromatic N) is 3. The van der Waals surface area contributed by atoms with Gasteiger partial charge in [0.05, 0.1) is 6.10 Å². The maximum atomic E-state index is 6.04. The molecule has 2 saturated heterocycles. The standard InChI is InChI=1S/C24H32N4O.HI/c1-19-7-6-10-22(17-19)27-12-14-28(15-13-27)24(25-2)26-18-21-11-16-29-23(21)20-8-4-3-5-9-20;/h3-10,17,21,23H,11-16,18H2,1-2H3,(H,25,26);1H. The molecular formula is C24H33IN4O. The molecule has 0 amide bonds. The quantitative estimate of drug-likeness (QED) is 0.375. The molecule has 6 heteroatoms. The second-order valence-electron chi connectivity index (χ2n) is 7.99. The number of nitrogens with one attached hydrogen (secondary N) is 1. The van der Waals surface area contributed by atoms with E-state index in [0.717, 1.165) is 51.7 Å². The molecule has 0 bridgehead atoms. The van der Waals surface area contributed by atoms with E-state index >= 15 is 0 Å². The smallest absolute Gasteiger partial charge is 0.193 e. The van der Waals surface area contributed by atoms with Gasteiger partial charge in [-0.2, -0.15) is 0 Å². The molecule has 162 valence electrons. The summed E-state index contributed by atoms with van der Waals surface area (Å²) in [5, 5.41) is 3.62. The fraction of sp³-hybridized carbons (Fsp3) is 0.458. The van der Waals surface area contributed by atoms with Crippen LogP contribution in [0.15, 0.2) is 59.6 Å². The summed E-state index contributed by atoms with van der Waals surface area (Å²) in [6.45, 7) is 7.88. The SMILES string of the molecule is CN=C(NCC1CCOC1c1ccccc1)N1CCN(c2cccc(C)c2)CC1.I. The minimum Gasteiger partial charge on any atom is -0.373 e. The second kappa shape index (κ2) is 11.0. The van der Waals surface area contributed by atoms with E-state index in [1.807, 2.05) is 7.05 Å². The van der Waals surface area contributed by atoms with Crippen molar-refractivity contribution in [1.29, 1.82) is 0 Å². The summed E-state index contributed by atoms with van der Waals surface area (Å²) in [5.41, 5.74) is 3.91. The molecule has 1 N–H and O–H groups in total. The lowest BCUT2D eigenvalue weighted by Gasteiger charge is -2.38. The Labute approximate surface area is 197 Å². The number of hydrogen-bond donors (Lipinski definition) is 1. The molecule has 2 aliphatic rings. The number of rotatable bonds is 4. The Bertz CT molecular complexity index is 821. The van der Waals surface area contributed by atoms with Crippen LogP contribution in [0.3, 0.4) is 0 Å². The molecule has 30 heavy (non-hydrogen) atoms. The maximum absolute atomic E-state index is 6.04. The number of anilines is 1. The normalized spacial score (nSPS) is 22.0. The topological polar surface area (TPSA) is 40.1 Å². The van der Waals surface area contributed by atoms with E-state index in [1.54, 1.807) is 0 Å². The third-order valence-electron chi connectivity index (χ3n) is 6.02. The molecule has 5 nitrogen and oxygen atoms in total. The molecule has 2 unspecified atom stereocenters. The minimum absolute atomic E-state index is 0. The van der Waals surface area contributed by atoms with Crippen molar-refractivity contribution in [2.24, 2.45) is 10.9 Å². The van der Waals surface area contributed by atoms with Crippen molar-refractivity contribution in [1.82, 2.24) is 10.2 Å². The number of benzene rings is 2. The molecule has 0 saturated carbocycles. The molecule has 0 aliphatic carbocycles.